The molecular weight excluding hydrogens is 218 g/mol. The smallest absolute Gasteiger partial charge is 0.00982 e. The molecule has 1 nitrogen and oxygen atoms in total. The summed E-state index contributed by atoms with van der Waals surface area (Å²) >= 11 is 0. The molecule has 2 aliphatic carbocycles. The zero-order valence-corrected chi connectivity index (χ0v) is 12.1. The van der Waals surface area contributed by atoms with Gasteiger partial charge in [0.05, 0.1) is 0 Å². The van der Waals surface area contributed by atoms with Crippen molar-refractivity contribution in [2.45, 2.75) is 70.8 Å². The maximum Gasteiger partial charge on any atom is 0.00982 e. The molecule has 1 heteroatoms. The van der Waals surface area contributed by atoms with Gasteiger partial charge < -0.3 is 4.90 Å². The molecule has 0 bridgehead atoms. The minimum Gasteiger partial charge on any atom is -0.300 e. The summed E-state index contributed by atoms with van der Waals surface area (Å²) in [5, 5.41) is 0. The standard InChI is InChI=1S/C17H30N/c1-2-14-6-5-11-18(13-14)17-10-9-15-7-3-4-8-16(15)12-17/h6,14-17H,2-5,7-13H2,1H3/t14?,15-,16?,17+/m0/s1. The molecule has 3 rings (SSSR count). The van der Waals surface area contributed by atoms with E-state index in [1.807, 2.05) is 0 Å². The molecule has 103 valence electrons. The molecule has 3 fully saturated rings. The molecule has 1 aliphatic heterocycles. The average Bonchev–Trinajstić information content (AvgIpc) is 2.47. The third-order valence-electron chi connectivity index (χ3n) is 5.94. The largest absolute Gasteiger partial charge is 0.300 e. The molecule has 1 radical (unpaired) electrons. The van der Waals surface area contributed by atoms with Gasteiger partial charge in [-0.25, -0.2) is 0 Å². The van der Waals surface area contributed by atoms with Crippen molar-refractivity contribution in [1.29, 1.82) is 0 Å². The van der Waals surface area contributed by atoms with E-state index < -0.39 is 0 Å². The molecule has 2 unspecified atom stereocenters. The highest BCUT2D eigenvalue weighted by atomic mass is 15.2. The zero-order chi connectivity index (χ0) is 12.4. The summed E-state index contributed by atoms with van der Waals surface area (Å²) < 4.78 is 0. The molecule has 3 aliphatic rings. The van der Waals surface area contributed by atoms with Crippen molar-refractivity contribution in [1.82, 2.24) is 4.90 Å². The lowest BCUT2D eigenvalue weighted by Crippen LogP contribution is -2.46. The van der Waals surface area contributed by atoms with Gasteiger partial charge in [-0.05, 0) is 56.4 Å². The molecule has 0 aromatic rings. The molecule has 0 spiro atoms. The van der Waals surface area contributed by atoms with Gasteiger partial charge in [-0.15, -0.1) is 0 Å². The van der Waals surface area contributed by atoms with Crippen molar-refractivity contribution >= 4 is 0 Å². The molecule has 1 saturated heterocycles. The van der Waals surface area contributed by atoms with Crippen molar-refractivity contribution in [2.24, 2.45) is 17.8 Å². The first kappa shape index (κ1) is 13.0. The van der Waals surface area contributed by atoms with Gasteiger partial charge in [0.25, 0.3) is 0 Å². The normalized spacial score (nSPS) is 42.5. The SMILES string of the molecule is CCC1[CH]CCN([C@@H]2CC[C@@H]3CCCCC3C2)C1. The molecule has 1 heterocycles. The number of hydrogen-bond acceptors (Lipinski definition) is 1. The van der Waals surface area contributed by atoms with Crippen LogP contribution in [0.1, 0.15) is 64.7 Å². The van der Waals surface area contributed by atoms with Crippen LogP contribution in [0.25, 0.3) is 0 Å². The molecule has 0 N–H and O–H groups in total. The van der Waals surface area contributed by atoms with E-state index in [0.717, 1.165) is 23.8 Å². The summed E-state index contributed by atoms with van der Waals surface area (Å²) in [6.45, 7) is 5.06. The average molecular weight is 248 g/mol. The van der Waals surface area contributed by atoms with E-state index in [4.69, 9.17) is 0 Å². The van der Waals surface area contributed by atoms with Crippen LogP contribution in [0.15, 0.2) is 0 Å². The summed E-state index contributed by atoms with van der Waals surface area (Å²) in [5.41, 5.74) is 0. The fraction of sp³-hybridized carbons (Fsp3) is 0.941. The molecular formula is C17H30N. The van der Waals surface area contributed by atoms with Crippen LogP contribution >= 0.6 is 0 Å². The summed E-state index contributed by atoms with van der Waals surface area (Å²) in [4.78, 5) is 2.85. The second-order valence-corrected chi connectivity index (χ2v) is 6.96. The Balaban J connectivity index is 1.56. The quantitative estimate of drug-likeness (QED) is 0.705. The monoisotopic (exact) mass is 248 g/mol. The Bertz CT molecular complexity index is 262. The second kappa shape index (κ2) is 5.94. The van der Waals surface area contributed by atoms with Crippen molar-refractivity contribution in [3.05, 3.63) is 6.42 Å². The van der Waals surface area contributed by atoms with E-state index in [-0.39, 0.29) is 0 Å². The summed E-state index contributed by atoms with van der Waals surface area (Å²) in [6, 6.07) is 0.937. The number of hydrogen-bond donors (Lipinski definition) is 0. The van der Waals surface area contributed by atoms with Crippen molar-refractivity contribution < 1.29 is 0 Å². The first-order valence-corrected chi connectivity index (χ1v) is 8.44. The molecule has 18 heavy (non-hydrogen) atoms. The zero-order valence-electron chi connectivity index (χ0n) is 12.1. The highest BCUT2D eigenvalue weighted by Gasteiger charge is 2.35. The molecule has 0 amide bonds. The molecule has 2 saturated carbocycles. The van der Waals surface area contributed by atoms with Crippen LogP contribution in [0, 0.1) is 24.2 Å². The van der Waals surface area contributed by atoms with Crippen molar-refractivity contribution in [3.8, 4) is 0 Å². The van der Waals surface area contributed by atoms with Crippen LogP contribution < -0.4 is 0 Å². The van der Waals surface area contributed by atoms with E-state index >= 15 is 0 Å². The molecule has 0 aromatic carbocycles. The fourth-order valence-electron chi connectivity index (χ4n) is 4.75. The number of likely N-dealkylation sites (tertiary alicyclic amines) is 1. The lowest BCUT2D eigenvalue weighted by Gasteiger charge is -2.45. The van der Waals surface area contributed by atoms with E-state index in [9.17, 15) is 0 Å². The highest BCUT2D eigenvalue weighted by molar-refractivity contribution is 4.92. The molecule has 4 atom stereocenters. The van der Waals surface area contributed by atoms with E-state index in [1.54, 1.807) is 12.8 Å². The maximum absolute atomic E-state index is 2.85. The Morgan fingerprint density at radius 2 is 1.89 bits per heavy atom. The first-order valence-electron chi connectivity index (χ1n) is 8.44. The van der Waals surface area contributed by atoms with E-state index in [2.05, 4.69) is 18.2 Å². The number of piperidine rings is 1. The van der Waals surface area contributed by atoms with Crippen LogP contribution in [0.3, 0.4) is 0 Å². The Hall–Kier alpha value is -0.0400. The minimum absolute atomic E-state index is 0.878. The third kappa shape index (κ3) is 2.76. The lowest BCUT2D eigenvalue weighted by molar-refractivity contribution is 0.0572. The minimum atomic E-state index is 0.878. The van der Waals surface area contributed by atoms with Gasteiger partial charge in [0.1, 0.15) is 0 Å². The molecule has 0 aromatic heterocycles. The van der Waals surface area contributed by atoms with E-state index in [0.29, 0.717) is 0 Å². The predicted molar refractivity (Wildman–Crippen MR) is 77.4 cm³/mol. The van der Waals surface area contributed by atoms with Crippen LogP contribution in [-0.2, 0) is 0 Å². The van der Waals surface area contributed by atoms with Crippen LogP contribution in [0.2, 0.25) is 0 Å². The van der Waals surface area contributed by atoms with Crippen LogP contribution in [0.5, 0.6) is 0 Å². The van der Waals surface area contributed by atoms with Gasteiger partial charge in [-0.1, -0.05) is 39.0 Å². The summed E-state index contributed by atoms with van der Waals surface area (Å²) in [6.07, 6.45) is 15.9. The number of nitrogens with zero attached hydrogens (tertiary/aromatic N) is 1. The predicted octanol–water partition coefficient (Wildman–Crippen LogP) is 4.28. The fourth-order valence-corrected chi connectivity index (χ4v) is 4.75. The Kier molecular flexibility index (Phi) is 4.28. The number of rotatable bonds is 2. The summed E-state index contributed by atoms with van der Waals surface area (Å²) in [7, 11) is 0. The van der Waals surface area contributed by atoms with Crippen molar-refractivity contribution in [3.63, 3.8) is 0 Å². The van der Waals surface area contributed by atoms with Crippen LogP contribution in [-0.4, -0.2) is 24.0 Å². The topological polar surface area (TPSA) is 3.24 Å². The van der Waals surface area contributed by atoms with Gasteiger partial charge in [0, 0.05) is 12.6 Å². The number of fused-ring (bicyclic) bond motifs is 1. The summed E-state index contributed by atoms with van der Waals surface area (Å²) in [5.74, 6) is 3.07. The lowest BCUT2D eigenvalue weighted by atomic mass is 9.69. The van der Waals surface area contributed by atoms with Gasteiger partial charge in [-0.3, -0.25) is 0 Å². The van der Waals surface area contributed by atoms with Gasteiger partial charge in [-0.2, -0.15) is 0 Å². The Morgan fingerprint density at radius 1 is 1.06 bits per heavy atom. The third-order valence-corrected chi connectivity index (χ3v) is 5.94. The highest BCUT2D eigenvalue weighted by Crippen LogP contribution is 2.42. The van der Waals surface area contributed by atoms with E-state index in [1.165, 1.54) is 58.0 Å². The van der Waals surface area contributed by atoms with Gasteiger partial charge in [0.2, 0.25) is 0 Å². The van der Waals surface area contributed by atoms with Gasteiger partial charge in [0.15, 0.2) is 0 Å². The maximum atomic E-state index is 2.85. The second-order valence-electron chi connectivity index (χ2n) is 6.96. The van der Waals surface area contributed by atoms with Crippen LogP contribution in [0.4, 0.5) is 0 Å². The Morgan fingerprint density at radius 3 is 2.72 bits per heavy atom. The Labute approximate surface area is 113 Å². The first-order chi connectivity index (χ1) is 8.86. The van der Waals surface area contributed by atoms with Crippen molar-refractivity contribution in [2.75, 3.05) is 13.1 Å². The van der Waals surface area contributed by atoms with Gasteiger partial charge >= 0.3 is 0 Å².